The van der Waals surface area contributed by atoms with E-state index in [-0.39, 0.29) is 40.4 Å². The lowest BCUT2D eigenvalue weighted by Crippen LogP contribution is -2.17. The van der Waals surface area contributed by atoms with Gasteiger partial charge in [-0.1, -0.05) is 25.6 Å². The summed E-state index contributed by atoms with van der Waals surface area (Å²) < 4.78 is 11.4. The molecule has 0 spiro atoms. The highest BCUT2D eigenvalue weighted by atomic mass is 32.2. The predicted molar refractivity (Wildman–Crippen MR) is 113 cm³/mol. The Bertz CT molecular complexity index is 905. The van der Waals surface area contributed by atoms with Crippen LogP contribution < -0.4 is 5.32 Å². The third-order valence-electron chi connectivity index (χ3n) is 4.12. The third-order valence-corrected chi connectivity index (χ3v) is 5.06. The Kier molecular flexibility index (Phi) is 7.99. The molecule has 10 heteroatoms. The molecule has 1 aromatic heterocycles. The molecule has 0 saturated carbocycles. The number of nitrogens with one attached hydrogen (secondary N) is 1. The zero-order valence-electron chi connectivity index (χ0n) is 17.9. The number of hydrogen-bond acceptors (Lipinski definition) is 8. The van der Waals surface area contributed by atoms with Gasteiger partial charge >= 0.3 is 11.9 Å². The number of methoxy groups -OCH3 is 2. The van der Waals surface area contributed by atoms with Crippen LogP contribution in [0.4, 0.5) is 5.69 Å². The lowest BCUT2D eigenvalue weighted by atomic mass is 10.1. The van der Waals surface area contributed by atoms with Gasteiger partial charge in [0.15, 0.2) is 5.16 Å². The van der Waals surface area contributed by atoms with Crippen LogP contribution in [0.3, 0.4) is 0 Å². The van der Waals surface area contributed by atoms with E-state index in [1.165, 1.54) is 44.2 Å². The minimum absolute atomic E-state index is 0.0823. The fourth-order valence-corrected chi connectivity index (χ4v) is 3.64. The van der Waals surface area contributed by atoms with Gasteiger partial charge in [0.1, 0.15) is 5.82 Å². The number of carbonyl (C=O) groups is 3. The van der Waals surface area contributed by atoms with Crippen LogP contribution in [0.1, 0.15) is 66.2 Å². The summed E-state index contributed by atoms with van der Waals surface area (Å²) in [6.45, 7) is 8.15. The molecule has 1 aromatic carbocycles. The van der Waals surface area contributed by atoms with Gasteiger partial charge in [-0.2, -0.15) is 0 Å². The second kappa shape index (κ2) is 10.2. The van der Waals surface area contributed by atoms with E-state index in [2.05, 4.69) is 15.5 Å². The smallest absolute Gasteiger partial charge is 0.337 e. The molecule has 0 aliphatic heterocycles. The van der Waals surface area contributed by atoms with Crippen LogP contribution in [0.15, 0.2) is 23.4 Å². The highest BCUT2D eigenvalue weighted by molar-refractivity contribution is 7.99. The summed E-state index contributed by atoms with van der Waals surface area (Å²) in [5.41, 5.74) is 0.547. The monoisotopic (exact) mass is 434 g/mol. The molecule has 0 radical (unpaired) electrons. The van der Waals surface area contributed by atoms with Crippen LogP contribution in [0.25, 0.3) is 0 Å². The predicted octanol–water partition coefficient (Wildman–Crippen LogP) is 3.29. The summed E-state index contributed by atoms with van der Waals surface area (Å²) in [7, 11) is 2.47. The van der Waals surface area contributed by atoms with Gasteiger partial charge in [-0.15, -0.1) is 10.2 Å². The van der Waals surface area contributed by atoms with E-state index >= 15 is 0 Å². The Labute approximate surface area is 179 Å². The van der Waals surface area contributed by atoms with E-state index in [0.29, 0.717) is 5.16 Å². The van der Waals surface area contributed by atoms with Crippen LogP contribution in [-0.2, 0) is 14.3 Å². The largest absolute Gasteiger partial charge is 0.465 e. The molecule has 1 amide bonds. The summed E-state index contributed by atoms with van der Waals surface area (Å²) in [5, 5.41) is 11.8. The van der Waals surface area contributed by atoms with Gasteiger partial charge in [0, 0.05) is 17.6 Å². The van der Waals surface area contributed by atoms with Crippen molar-refractivity contribution in [3.63, 3.8) is 0 Å². The number of ether oxygens (including phenoxy) is 2. The van der Waals surface area contributed by atoms with Crippen molar-refractivity contribution in [2.45, 2.75) is 44.8 Å². The second-order valence-corrected chi connectivity index (χ2v) is 8.02. The molecule has 0 atom stereocenters. The number of thioether (sulfide) groups is 1. The van der Waals surface area contributed by atoms with Crippen molar-refractivity contribution in [2.24, 2.45) is 0 Å². The number of benzene rings is 1. The molecule has 0 bridgehead atoms. The standard InChI is InChI=1S/C20H26N4O5S/c1-11(2)17-22-23-20(24(17)12(3)4)30-10-16(25)21-15-8-13(18(26)28-5)7-14(9-15)19(27)29-6/h7-9,11-12H,10H2,1-6H3,(H,21,25). The Hall–Kier alpha value is -2.88. The summed E-state index contributed by atoms with van der Waals surface area (Å²) in [6, 6.07) is 4.38. The molecule has 0 saturated heterocycles. The third kappa shape index (κ3) is 5.59. The van der Waals surface area contributed by atoms with Gasteiger partial charge in [0.2, 0.25) is 5.91 Å². The fraction of sp³-hybridized carbons (Fsp3) is 0.450. The Morgan fingerprint density at radius 3 is 2.03 bits per heavy atom. The molecule has 2 aromatic rings. The first kappa shape index (κ1) is 23.4. The summed E-state index contributed by atoms with van der Waals surface area (Å²) in [5.74, 6) is -0.419. The van der Waals surface area contributed by atoms with E-state index in [0.717, 1.165) is 5.82 Å². The number of rotatable bonds is 8. The zero-order valence-corrected chi connectivity index (χ0v) is 18.7. The molecular weight excluding hydrogens is 408 g/mol. The van der Waals surface area contributed by atoms with E-state index in [4.69, 9.17) is 9.47 Å². The normalized spacial score (nSPS) is 10.9. The average Bonchev–Trinajstić information content (AvgIpc) is 3.15. The van der Waals surface area contributed by atoms with Crippen molar-refractivity contribution in [1.82, 2.24) is 14.8 Å². The quantitative estimate of drug-likeness (QED) is 0.497. The molecule has 1 heterocycles. The molecular formula is C20H26N4O5S. The van der Waals surface area contributed by atoms with E-state index in [9.17, 15) is 14.4 Å². The minimum Gasteiger partial charge on any atom is -0.465 e. The number of esters is 2. The average molecular weight is 435 g/mol. The van der Waals surface area contributed by atoms with Crippen molar-refractivity contribution >= 4 is 35.3 Å². The van der Waals surface area contributed by atoms with E-state index in [1.54, 1.807) is 0 Å². The van der Waals surface area contributed by atoms with Crippen LogP contribution in [0.2, 0.25) is 0 Å². The molecule has 0 aliphatic rings. The van der Waals surface area contributed by atoms with Crippen LogP contribution in [0.5, 0.6) is 0 Å². The molecule has 0 unspecified atom stereocenters. The first-order valence-corrected chi connectivity index (χ1v) is 10.4. The molecule has 2 rings (SSSR count). The highest BCUT2D eigenvalue weighted by Crippen LogP contribution is 2.25. The SMILES string of the molecule is COC(=O)c1cc(NC(=O)CSc2nnc(C(C)C)n2C(C)C)cc(C(=O)OC)c1. The van der Waals surface area contributed by atoms with Crippen LogP contribution >= 0.6 is 11.8 Å². The van der Waals surface area contributed by atoms with Crippen molar-refractivity contribution < 1.29 is 23.9 Å². The number of nitrogens with zero attached hydrogens (tertiary/aromatic N) is 3. The zero-order chi connectivity index (χ0) is 22.4. The molecule has 30 heavy (non-hydrogen) atoms. The van der Waals surface area contributed by atoms with Gasteiger partial charge in [-0.25, -0.2) is 9.59 Å². The summed E-state index contributed by atoms with van der Waals surface area (Å²) >= 11 is 1.27. The minimum atomic E-state index is -0.628. The highest BCUT2D eigenvalue weighted by Gasteiger charge is 2.19. The number of carbonyl (C=O) groups excluding carboxylic acids is 3. The van der Waals surface area contributed by atoms with Gasteiger partial charge in [0.05, 0.1) is 31.1 Å². The lowest BCUT2D eigenvalue weighted by Gasteiger charge is -2.15. The maximum Gasteiger partial charge on any atom is 0.337 e. The van der Waals surface area contributed by atoms with Gasteiger partial charge in [0.25, 0.3) is 0 Å². The number of hydrogen-bond donors (Lipinski definition) is 1. The first-order chi connectivity index (χ1) is 14.2. The van der Waals surface area contributed by atoms with Gasteiger partial charge in [-0.3, -0.25) is 4.79 Å². The van der Waals surface area contributed by atoms with Crippen LogP contribution in [0, 0.1) is 0 Å². The Balaban J connectivity index is 2.17. The first-order valence-electron chi connectivity index (χ1n) is 9.37. The van der Waals surface area contributed by atoms with Crippen molar-refractivity contribution in [3.05, 3.63) is 35.2 Å². The number of aromatic nitrogens is 3. The van der Waals surface area contributed by atoms with Crippen molar-refractivity contribution in [1.29, 1.82) is 0 Å². The second-order valence-electron chi connectivity index (χ2n) is 7.08. The molecule has 162 valence electrons. The molecule has 1 N–H and O–H groups in total. The summed E-state index contributed by atoms with van der Waals surface area (Å²) in [4.78, 5) is 36.2. The van der Waals surface area contributed by atoms with Gasteiger partial charge in [-0.05, 0) is 32.0 Å². The number of anilines is 1. The fourth-order valence-electron chi connectivity index (χ4n) is 2.76. The van der Waals surface area contributed by atoms with Crippen LogP contribution in [-0.4, -0.2) is 52.6 Å². The van der Waals surface area contributed by atoms with E-state index in [1.807, 2.05) is 32.3 Å². The maximum atomic E-state index is 12.5. The topological polar surface area (TPSA) is 112 Å². The Morgan fingerprint density at radius 1 is 1.00 bits per heavy atom. The van der Waals surface area contributed by atoms with Crippen molar-refractivity contribution in [3.8, 4) is 0 Å². The van der Waals surface area contributed by atoms with E-state index < -0.39 is 11.9 Å². The Morgan fingerprint density at radius 2 is 1.57 bits per heavy atom. The van der Waals surface area contributed by atoms with Crippen molar-refractivity contribution in [2.75, 3.05) is 25.3 Å². The molecule has 0 fully saturated rings. The van der Waals surface area contributed by atoms with Gasteiger partial charge < -0.3 is 19.4 Å². The molecule has 9 nitrogen and oxygen atoms in total. The maximum absolute atomic E-state index is 12.5. The summed E-state index contributed by atoms with van der Waals surface area (Å²) in [6.07, 6.45) is 0. The number of amides is 1. The lowest BCUT2D eigenvalue weighted by molar-refractivity contribution is -0.113. The molecule has 0 aliphatic carbocycles.